The summed E-state index contributed by atoms with van der Waals surface area (Å²) in [6.45, 7) is 0.117. The molecule has 2 aromatic rings. The molecule has 2 rings (SSSR count). The molecule has 0 unspecified atom stereocenters. The van der Waals surface area contributed by atoms with Crippen LogP contribution in [0.5, 0.6) is 17.2 Å². The van der Waals surface area contributed by atoms with E-state index in [1.165, 1.54) is 43.8 Å². The highest BCUT2D eigenvalue weighted by atomic mass is 35.5. The third-order valence-electron chi connectivity index (χ3n) is 3.71. The van der Waals surface area contributed by atoms with Gasteiger partial charge in [0.1, 0.15) is 17.2 Å². The summed E-state index contributed by atoms with van der Waals surface area (Å²) in [6.07, 6.45) is 0. The fraction of sp³-hybridized carbons (Fsp3) is 0.294. The zero-order valence-corrected chi connectivity index (χ0v) is 16.0. The van der Waals surface area contributed by atoms with Gasteiger partial charge in [0, 0.05) is 19.2 Å². The van der Waals surface area contributed by atoms with Gasteiger partial charge in [-0.1, -0.05) is 11.6 Å². The molecular weight excluding hydrogens is 366 g/mol. The van der Waals surface area contributed by atoms with Gasteiger partial charge in [0.05, 0.1) is 31.2 Å². The third kappa shape index (κ3) is 4.18. The van der Waals surface area contributed by atoms with Crippen molar-refractivity contribution < 1.29 is 22.6 Å². The van der Waals surface area contributed by atoms with Gasteiger partial charge < -0.3 is 14.2 Å². The molecule has 0 aliphatic carbocycles. The van der Waals surface area contributed by atoms with Crippen molar-refractivity contribution in [3.05, 3.63) is 47.0 Å². The zero-order chi connectivity index (χ0) is 18.6. The molecule has 0 heterocycles. The Bertz CT molecular complexity index is 854. The molecule has 0 bridgehead atoms. The van der Waals surface area contributed by atoms with Crippen molar-refractivity contribution in [3.8, 4) is 17.2 Å². The lowest BCUT2D eigenvalue weighted by atomic mass is 10.2. The molecule has 0 saturated carbocycles. The van der Waals surface area contributed by atoms with E-state index in [2.05, 4.69) is 0 Å². The summed E-state index contributed by atoms with van der Waals surface area (Å²) in [5, 5.41) is 0.232. The van der Waals surface area contributed by atoms with Crippen molar-refractivity contribution in [1.29, 1.82) is 0 Å². The number of rotatable bonds is 7. The number of hydrogen-bond donors (Lipinski definition) is 0. The number of ether oxygens (including phenoxy) is 3. The van der Waals surface area contributed by atoms with E-state index in [1.807, 2.05) is 0 Å². The number of methoxy groups -OCH3 is 3. The molecule has 136 valence electrons. The summed E-state index contributed by atoms with van der Waals surface area (Å²) in [7, 11) is 2.31. The van der Waals surface area contributed by atoms with Gasteiger partial charge in [-0.15, -0.1) is 0 Å². The van der Waals surface area contributed by atoms with Crippen molar-refractivity contribution in [2.45, 2.75) is 11.4 Å². The summed E-state index contributed by atoms with van der Waals surface area (Å²) in [5.41, 5.74) is 0.688. The van der Waals surface area contributed by atoms with E-state index < -0.39 is 10.0 Å². The van der Waals surface area contributed by atoms with Gasteiger partial charge in [-0.3, -0.25) is 0 Å². The maximum absolute atomic E-state index is 12.8. The van der Waals surface area contributed by atoms with Crippen LogP contribution in [-0.4, -0.2) is 41.1 Å². The second kappa shape index (κ2) is 7.95. The molecule has 0 aromatic heterocycles. The SMILES string of the molecule is COc1ccc(OC)c(CN(C)S(=O)(=O)c2ccc(OC)c(Cl)c2)c1. The van der Waals surface area contributed by atoms with Gasteiger partial charge in [-0.05, 0) is 36.4 Å². The minimum Gasteiger partial charge on any atom is -0.497 e. The molecule has 0 amide bonds. The van der Waals surface area contributed by atoms with Crippen molar-refractivity contribution in [1.82, 2.24) is 4.31 Å². The van der Waals surface area contributed by atoms with Crippen LogP contribution in [0.2, 0.25) is 5.02 Å². The fourth-order valence-electron chi connectivity index (χ4n) is 2.32. The molecule has 2 aromatic carbocycles. The highest BCUT2D eigenvalue weighted by Gasteiger charge is 2.23. The number of halogens is 1. The van der Waals surface area contributed by atoms with Gasteiger partial charge in [0.15, 0.2) is 0 Å². The molecular formula is C17H20ClNO5S. The summed E-state index contributed by atoms with van der Waals surface area (Å²) in [6, 6.07) is 9.58. The topological polar surface area (TPSA) is 65.1 Å². The van der Waals surface area contributed by atoms with Crippen LogP contribution < -0.4 is 14.2 Å². The predicted molar refractivity (Wildman–Crippen MR) is 96.2 cm³/mol. The second-order valence-electron chi connectivity index (χ2n) is 5.24. The lowest BCUT2D eigenvalue weighted by molar-refractivity contribution is 0.389. The average molecular weight is 386 g/mol. The van der Waals surface area contributed by atoms with Crippen LogP contribution in [0.25, 0.3) is 0 Å². The lowest BCUT2D eigenvalue weighted by Crippen LogP contribution is -2.26. The smallest absolute Gasteiger partial charge is 0.243 e. The fourth-order valence-corrected chi connectivity index (χ4v) is 3.82. The Kier molecular flexibility index (Phi) is 6.16. The molecule has 6 nitrogen and oxygen atoms in total. The van der Waals surface area contributed by atoms with Gasteiger partial charge in [0.2, 0.25) is 10.0 Å². The summed E-state index contributed by atoms with van der Waals surface area (Å²) >= 11 is 6.04. The molecule has 0 spiro atoms. The van der Waals surface area contributed by atoms with Gasteiger partial charge in [0.25, 0.3) is 0 Å². The van der Waals surface area contributed by atoms with E-state index in [-0.39, 0.29) is 16.5 Å². The van der Waals surface area contributed by atoms with E-state index in [1.54, 1.807) is 25.3 Å². The minimum atomic E-state index is -3.73. The summed E-state index contributed by atoms with van der Waals surface area (Å²) < 4.78 is 42.4. The lowest BCUT2D eigenvalue weighted by Gasteiger charge is -2.19. The quantitative estimate of drug-likeness (QED) is 0.732. The molecule has 8 heteroatoms. The molecule has 0 radical (unpaired) electrons. The van der Waals surface area contributed by atoms with Crippen LogP contribution in [0.3, 0.4) is 0 Å². The molecule has 25 heavy (non-hydrogen) atoms. The van der Waals surface area contributed by atoms with Crippen molar-refractivity contribution in [2.75, 3.05) is 28.4 Å². The van der Waals surface area contributed by atoms with E-state index in [0.717, 1.165) is 0 Å². The minimum absolute atomic E-state index is 0.0858. The summed E-state index contributed by atoms with van der Waals surface area (Å²) in [5.74, 6) is 1.61. The molecule has 0 aliphatic heterocycles. The molecule has 0 aliphatic rings. The van der Waals surface area contributed by atoms with E-state index in [0.29, 0.717) is 22.8 Å². The zero-order valence-electron chi connectivity index (χ0n) is 14.4. The average Bonchev–Trinajstić information content (AvgIpc) is 2.61. The third-order valence-corrected chi connectivity index (χ3v) is 5.81. The number of benzene rings is 2. The second-order valence-corrected chi connectivity index (χ2v) is 7.69. The van der Waals surface area contributed by atoms with Crippen molar-refractivity contribution >= 4 is 21.6 Å². The Morgan fingerprint density at radius 1 is 0.960 bits per heavy atom. The van der Waals surface area contributed by atoms with Gasteiger partial charge in [-0.25, -0.2) is 8.42 Å². The highest BCUT2D eigenvalue weighted by Crippen LogP contribution is 2.30. The van der Waals surface area contributed by atoms with E-state index in [4.69, 9.17) is 25.8 Å². The maximum Gasteiger partial charge on any atom is 0.243 e. The van der Waals surface area contributed by atoms with Gasteiger partial charge in [-0.2, -0.15) is 4.31 Å². The number of hydrogen-bond acceptors (Lipinski definition) is 5. The monoisotopic (exact) mass is 385 g/mol. The summed E-state index contributed by atoms with van der Waals surface area (Å²) in [4.78, 5) is 0.0858. The normalized spacial score (nSPS) is 11.4. The number of nitrogens with zero attached hydrogens (tertiary/aromatic N) is 1. The van der Waals surface area contributed by atoms with E-state index in [9.17, 15) is 8.42 Å². The first-order chi connectivity index (χ1) is 11.8. The first-order valence-corrected chi connectivity index (χ1v) is 9.16. The molecule has 0 saturated heterocycles. The van der Waals surface area contributed by atoms with Crippen molar-refractivity contribution in [3.63, 3.8) is 0 Å². The Hall–Kier alpha value is -1.96. The Balaban J connectivity index is 2.33. The first-order valence-electron chi connectivity index (χ1n) is 7.34. The standard InChI is InChI=1S/C17H20ClNO5S/c1-19(11-12-9-13(22-2)5-7-16(12)23-3)25(20,21)14-6-8-17(24-4)15(18)10-14/h5-10H,11H2,1-4H3. The van der Waals surface area contributed by atoms with Crippen LogP contribution in [0.4, 0.5) is 0 Å². The highest BCUT2D eigenvalue weighted by molar-refractivity contribution is 7.89. The van der Waals surface area contributed by atoms with Crippen LogP contribution in [0.15, 0.2) is 41.3 Å². The number of sulfonamides is 1. The van der Waals surface area contributed by atoms with Gasteiger partial charge >= 0.3 is 0 Å². The maximum atomic E-state index is 12.8. The molecule has 0 atom stereocenters. The Morgan fingerprint density at radius 3 is 2.16 bits per heavy atom. The largest absolute Gasteiger partial charge is 0.497 e. The Morgan fingerprint density at radius 2 is 1.60 bits per heavy atom. The van der Waals surface area contributed by atoms with Crippen molar-refractivity contribution in [2.24, 2.45) is 0 Å². The van der Waals surface area contributed by atoms with Crippen LogP contribution in [0.1, 0.15) is 5.56 Å². The van der Waals surface area contributed by atoms with Crippen LogP contribution in [0, 0.1) is 0 Å². The Labute approximate surface area is 152 Å². The molecule has 0 N–H and O–H groups in total. The van der Waals surface area contributed by atoms with E-state index >= 15 is 0 Å². The van der Waals surface area contributed by atoms with Crippen LogP contribution >= 0.6 is 11.6 Å². The predicted octanol–water partition coefficient (Wildman–Crippen LogP) is 3.19. The first kappa shape index (κ1) is 19.4. The molecule has 0 fully saturated rings. The van der Waals surface area contributed by atoms with Crippen LogP contribution in [-0.2, 0) is 16.6 Å².